The SMILES string of the molecule is CCN1c2ccn3ncc(c3n2)C(=O)NC[C@H](C)Oc2ccc(F)cc2C12CC2. The fourth-order valence-electron chi connectivity index (χ4n) is 4.22. The first-order valence-electron chi connectivity index (χ1n) is 9.89. The van der Waals surface area contributed by atoms with Gasteiger partial charge in [-0.1, -0.05) is 0 Å². The summed E-state index contributed by atoms with van der Waals surface area (Å²) in [5.74, 6) is 0.839. The Bertz CT molecular complexity index is 1110. The van der Waals surface area contributed by atoms with Crippen molar-refractivity contribution < 1.29 is 13.9 Å². The summed E-state index contributed by atoms with van der Waals surface area (Å²) in [6.07, 6.45) is 4.81. The number of halogens is 1. The molecule has 1 aliphatic carbocycles. The lowest BCUT2D eigenvalue weighted by molar-refractivity contribution is 0.0933. The largest absolute Gasteiger partial charge is 0.489 e. The number of nitrogens with one attached hydrogen (secondary N) is 1. The van der Waals surface area contributed by atoms with Crippen molar-refractivity contribution in [2.75, 3.05) is 18.0 Å². The van der Waals surface area contributed by atoms with Crippen molar-refractivity contribution in [3.8, 4) is 5.75 Å². The summed E-state index contributed by atoms with van der Waals surface area (Å²) in [6, 6.07) is 6.55. The third kappa shape index (κ3) is 2.82. The molecule has 2 bridgehead atoms. The van der Waals surface area contributed by atoms with Crippen molar-refractivity contribution in [3.63, 3.8) is 0 Å². The van der Waals surface area contributed by atoms with Crippen molar-refractivity contribution in [2.24, 2.45) is 0 Å². The van der Waals surface area contributed by atoms with Gasteiger partial charge < -0.3 is 15.0 Å². The average molecular weight is 395 g/mol. The maximum atomic E-state index is 14.2. The summed E-state index contributed by atoms with van der Waals surface area (Å²) in [4.78, 5) is 19.6. The van der Waals surface area contributed by atoms with Gasteiger partial charge in [0.1, 0.15) is 29.1 Å². The van der Waals surface area contributed by atoms with Crippen LogP contribution in [0.3, 0.4) is 0 Å². The van der Waals surface area contributed by atoms with Gasteiger partial charge in [-0.05, 0) is 51.0 Å². The van der Waals surface area contributed by atoms with Gasteiger partial charge in [0, 0.05) is 18.3 Å². The highest BCUT2D eigenvalue weighted by molar-refractivity contribution is 5.99. The summed E-state index contributed by atoms with van der Waals surface area (Å²) in [7, 11) is 0. The smallest absolute Gasteiger partial charge is 0.256 e. The van der Waals surface area contributed by atoms with Gasteiger partial charge in [-0.25, -0.2) is 13.9 Å². The Morgan fingerprint density at radius 2 is 2.17 bits per heavy atom. The number of nitrogens with zero attached hydrogens (tertiary/aromatic N) is 4. The number of rotatable bonds is 1. The molecule has 3 aromatic rings. The molecule has 1 spiro atoms. The van der Waals surface area contributed by atoms with Crippen LogP contribution in [0.2, 0.25) is 0 Å². The minimum absolute atomic E-state index is 0.247. The molecule has 1 aliphatic heterocycles. The quantitative estimate of drug-likeness (QED) is 0.686. The number of hydrogen-bond donors (Lipinski definition) is 1. The van der Waals surface area contributed by atoms with Gasteiger partial charge >= 0.3 is 0 Å². The van der Waals surface area contributed by atoms with Gasteiger partial charge in [0.15, 0.2) is 5.65 Å². The number of fused-ring (bicyclic) bond motifs is 3. The van der Waals surface area contributed by atoms with Crippen molar-refractivity contribution >= 4 is 17.4 Å². The normalized spacial score (nSPS) is 20.4. The minimum atomic E-state index is -0.372. The van der Waals surface area contributed by atoms with Crippen LogP contribution in [0.1, 0.15) is 42.6 Å². The molecule has 0 radical (unpaired) electrons. The lowest BCUT2D eigenvalue weighted by Crippen LogP contribution is -2.37. The molecule has 150 valence electrons. The second-order valence-electron chi connectivity index (χ2n) is 7.67. The number of carbonyl (C=O) groups excluding carboxylic acids is 1. The average Bonchev–Trinajstić information content (AvgIpc) is 3.39. The standard InChI is InChI=1S/C21H22FN5O2/c1-3-26-18-6-9-27-19(25-18)15(12-24-27)20(28)23-11-13(2)29-17-5-4-14(22)10-16(17)21(26)7-8-21/h4-6,9-10,12-13H,3,7-8,11H2,1-2H3,(H,23,28)/t13-/m0/s1. The van der Waals surface area contributed by atoms with Crippen molar-refractivity contribution in [3.05, 3.63) is 53.6 Å². The highest BCUT2D eigenvalue weighted by atomic mass is 19.1. The number of aromatic nitrogens is 3. The van der Waals surface area contributed by atoms with Gasteiger partial charge in [-0.3, -0.25) is 4.79 Å². The maximum absolute atomic E-state index is 14.2. The zero-order valence-corrected chi connectivity index (χ0v) is 16.4. The lowest BCUT2D eigenvalue weighted by atomic mass is 10.0. The second kappa shape index (κ2) is 6.43. The van der Waals surface area contributed by atoms with Crippen LogP contribution < -0.4 is 15.0 Å². The van der Waals surface area contributed by atoms with Crippen molar-refractivity contribution in [1.82, 2.24) is 19.9 Å². The number of hydrogen-bond acceptors (Lipinski definition) is 5. The summed E-state index contributed by atoms with van der Waals surface area (Å²) >= 11 is 0. The number of amides is 1. The molecule has 1 atom stereocenters. The predicted octanol–water partition coefficient (Wildman–Crippen LogP) is 2.89. The number of benzene rings is 1. The molecule has 29 heavy (non-hydrogen) atoms. The van der Waals surface area contributed by atoms with Crippen LogP contribution in [-0.4, -0.2) is 39.7 Å². The van der Waals surface area contributed by atoms with E-state index in [1.807, 2.05) is 13.0 Å². The lowest BCUT2D eigenvalue weighted by Gasteiger charge is -2.34. The molecule has 1 amide bonds. The van der Waals surface area contributed by atoms with Crippen molar-refractivity contribution in [1.29, 1.82) is 0 Å². The third-order valence-electron chi connectivity index (χ3n) is 5.75. The molecular weight excluding hydrogens is 373 g/mol. The van der Waals surface area contributed by atoms with Crippen LogP contribution >= 0.6 is 0 Å². The zero-order valence-electron chi connectivity index (χ0n) is 16.4. The molecule has 3 heterocycles. The summed E-state index contributed by atoms with van der Waals surface area (Å²) in [6.45, 7) is 4.94. The Balaban J connectivity index is 1.72. The highest BCUT2D eigenvalue weighted by Gasteiger charge is 2.51. The van der Waals surface area contributed by atoms with E-state index in [4.69, 9.17) is 9.72 Å². The van der Waals surface area contributed by atoms with E-state index in [2.05, 4.69) is 22.2 Å². The van der Waals surface area contributed by atoms with E-state index < -0.39 is 0 Å². The molecule has 2 aromatic heterocycles. The Hall–Kier alpha value is -3.16. The van der Waals surface area contributed by atoms with Crippen LogP contribution in [0.15, 0.2) is 36.7 Å². The summed E-state index contributed by atoms with van der Waals surface area (Å²) in [5.41, 5.74) is 1.37. The molecule has 1 aromatic carbocycles. The Labute approximate surface area is 167 Å². The Morgan fingerprint density at radius 3 is 2.93 bits per heavy atom. The monoisotopic (exact) mass is 395 g/mol. The fraction of sp³-hybridized carbons (Fsp3) is 0.381. The molecule has 1 fully saturated rings. The fourth-order valence-corrected chi connectivity index (χ4v) is 4.22. The van der Waals surface area contributed by atoms with Gasteiger partial charge in [0.05, 0.1) is 18.3 Å². The maximum Gasteiger partial charge on any atom is 0.256 e. The van der Waals surface area contributed by atoms with Gasteiger partial charge in [-0.2, -0.15) is 5.10 Å². The molecule has 1 saturated carbocycles. The number of ether oxygens (including phenoxy) is 1. The van der Waals surface area contributed by atoms with E-state index in [0.29, 0.717) is 30.0 Å². The molecule has 5 rings (SSSR count). The number of anilines is 1. The Kier molecular flexibility index (Phi) is 3.97. The molecular formula is C21H22FN5O2. The van der Waals surface area contributed by atoms with E-state index in [1.165, 1.54) is 12.3 Å². The van der Waals surface area contributed by atoms with E-state index in [1.54, 1.807) is 22.8 Å². The molecule has 8 heteroatoms. The zero-order chi connectivity index (χ0) is 20.2. The van der Waals surface area contributed by atoms with E-state index in [-0.39, 0.29) is 23.4 Å². The van der Waals surface area contributed by atoms with Gasteiger partial charge in [0.2, 0.25) is 0 Å². The van der Waals surface area contributed by atoms with Crippen LogP contribution in [0.25, 0.3) is 5.65 Å². The first-order valence-corrected chi connectivity index (χ1v) is 9.89. The van der Waals surface area contributed by atoms with Crippen LogP contribution in [0.4, 0.5) is 10.2 Å². The third-order valence-corrected chi connectivity index (χ3v) is 5.75. The van der Waals surface area contributed by atoms with Crippen LogP contribution in [0.5, 0.6) is 5.75 Å². The second-order valence-corrected chi connectivity index (χ2v) is 7.67. The predicted molar refractivity (Wildman–Crippen MR) is 106 cm³/mol. The van der Waals surface area contributed by atoms with E-state index in [9.17, 15) is 9.18 Å². The van der Waals surface area contributed by atoms with Gasteiger partial charge in [-0.15, -0.1) is 0 Å². The van der Waals surface area contributed by atoms with Gasteiger partial charge in [0.25, 0.3) is 5.91 Å². The van der Waals surface area contributed by atoms with Crippen molar-refractivity contribution in [2.45, 2.75) is 38.3 Å². The molecule has 1 N–H and O–H groups in total. The summed E-state index contributed by atoms with van der Waals surface area (Å²) < 4.78 is 22.0. The topological polar surface area (TPSA) is 71.8 Å². The van der Waals surface area contributed by atoms with Crippen LogP contribution in [-0.2, 0) is 5.54 Å². The minimum Gasteiger partial charge on any atom is -0.489 e. The summed E-state index contributed by atoms with van der Waals surface area (Å²) in [5, 5.41) is 7.13. The molecule has 0 saturated heterocycles. The van der Waals surface area contributed by atoms with Crippen LogP contribution in [0, 0.1) is 5.82 Å². The van der Waals surface area contributed by atoms with E-state index in [0.717, 1.165) is 24.2 Å². The Morgan fingerprint density at radius 1 is 1.34 bits per heavy atom. The first kappa shape index (κ1) is 17.9. The number of carbonyl (C=O) groups is 1. The molecule has 0 unspecified atom stereocenters. The van der Waals surface area contributed by atoms with E-state index >= 15 is 0 Å². The molecule has 2 aliphatic rings. The first-order chi connectivity index (χ1) is 14.0. The molecule has 7 nitrogen and oxygen atoms in total. The highest BCUT2D eigenvalue weighted by Crippen LogP contribution is 2.55.